The van der Waals surface area contributed by atoms with Gasteiger partial charge in [-0.15, -0.1) is 0 Å². The van der Waals surface area contributed by atoms with Crippen LogP contribution in [0.4, 0.5) is 0 Å². The molecule has 4 rings (SSSR count). The Hall–Kier alpha value is -2.90. The van der Waals surface area contributed by atoms with Gasteiger partial charge < -0.3 is 4.57 Å². The van der Waals surface area contributed by atoms with E-state index >= 15 is 0 Å². The number of benzene rings is 2. The Bertz CT molecular complexity index is 918. The van der Waals surface area contributed by atoms with Gasteiger partial charge in [0, 0.05) is 30.8 Å². The maximum atomic E-state index is 8.97. The summed E-state index contributed by atoms with van der Waals surface area (Å²) in [6.45, 7) is 3.06. The molecule has 1 aliphatic rings. The molecule has 0 saturated carbocycles. The molecule has 25 heavy (non-hydrogen) atoms. The zero-order valence-corrected chi connectivity index (χ0v) is 14.2. The fourth-order valence-electron chi connectivity index (χ4n) is 3.56. The monoisotopic (exact) mass is 328 g/mol. The smallest absolute Gasteiger partial charge is 0.0991 e. The third-order valence-electron chi connectivity index (χ3n) is 5.08. The van der Waals surface area contributed by atoms with E-state index in [1.807, 2.05) is 36.8 Å². The van der Waals surface area contributed by atoms with Gasteiger partial charge in [-0.05, 0) is 28.8 Å². The van der Waals surface area contributed by atoms with Gasteiger partial charge in [0.15, 0.2) is 0 Å². The first-order valence-corrected chi connectivity index (χ1v) is 8.58. The van der Waals surface area contributed by atoms with Gasteiger partial charge in [0.1, 0.15) is 0 Å². The summed E-state index contributed by atoms with van der Waals surface area (Å²) in [5, 5.41) is 12.6. The third kappa shape index (κ3) is 2.95. The van der Waals surface area contributed by atoms with E-state index < -0.39 is 0 Å². The standard InChI is InChI=1S/C21H20N4/c1-15(17-8-6-16(11-22)7-9-17)20-13-23-14-25(20)21-10-18-4-2-3-5-19(18)12-24-21/h2-9,13-15,21,24H,10,12H2,1H3/t15?,21-/m0/s1. The van der Waals surface area contributed by atoms with Crippen LogP contribution >= 0.6 is 0 Å². The molecule has 2 aromatic carbocycles. The molecule has 1 N–H and O–H groups in total. The largest absolute Gasteiger partial charge is 0.318 e. The molecule has 2 atom stereocenters. The second kappa shape index (κ2) is 6.54. The second-order valence-corrected chi connectivity index (χ2v) is 6.55. The summed E-state index contributed by atoms with van der Waals surface area (Å²) in [6.07, 6.45) is 5.04. The van der Waals surface area contributed by atoms with Crippen LogP contribution in [0.5, 0.6) is 0 Å². The zero-order valence-electron chi connectivity index (χ0n) is 14.2. The average molecular weight is 328 g/mol. The molecule has 4 heteroatoms. The predicted molar refractivity (Wildman–Crippen MR) is 96.9 cm³/mol. The molecule has 4 nitrogen and oxygen atoms in total. The number of fused-ring (bicyclic) bond motifs is 1. The highest BCUT2D eigenvalue weighted by molar-refractivity contribution is 5.36. The molecule has 0 amide bonds. The average Bonchev–Trinajstić information content (AvgIpc) is 3.17. The molecule has 0 aliphatic carbocycles. The van der Waals surface area contributed by atoms with Crippen LogP contribution in [0.2, 0.25) is 0 Å². The van der Waals surface area contributed by atoms with Crippen LogP contribution in [0.1, 0.15) is 47.0 Å². The van der Waals surface area contributed by atoms with Crippen LogP contribution in [0.25, 0.3) is 0 Å². The van der Waals surface area contributed by atoms with Crippen LogP contribution < -0.4 is 5.32 Å². The summed E-state index contributed by atoms with van der Waals surface area (Å²) in [7, 11) is 0. The summed E-state index contributed by atoms with van der Waals surface area (Å²) in [6, 6.07) is 18.6. The molecule has 0 saturated heterocycles. The van der Waals surface area contributed by atoms with E-state index in [9.17, 15) is 0 Å². The lowest BCUT2D eigenvalue weighted by atomic mass is 9.95. The number of nitrogens with zero attached hydrogens (tertiary/aromatic N) is 3. The van der Waals surface area contributed by atoms with E-state index in [-0.39, 0.29) is 12.1 Å². The Morgan fingerprint density at radius 1 is 1.16 bits per heavy atom. The lowest BCUT2D eigenvalue weighted by Crippen LogP contribution is -2.33. The lowest BCUT2D eigenvalue weighted by Gasteiger charge is -2.29. The van der Waals surface area contributed by atoms with Gasteiger partial charge in [0.05, 0.1) is 24.1 Å². The van der Waals surface area contributed by atoms with Crippen LogP contribution in [-0.2, 0) is 13.0 Å². The normalized spacial score (nSPS) is 17.5. The van der Waals surface area contributed by atoms with Gasteiger partial charge in [-0.1, -0.05) is 43.3 Å². The van der Waals surface area contributed by atoms with Gasteiger partial charge in [0.2, 0.25) is 0 Å². The molecular weight excluding hydrogens is 308 g/mol. The lowest BCUT2D eigenvalue weighted by molar-refractivity contribution is 0.367. The summed E-state index contributed by atoms with van der Waals surface area (Å²) in [4.78, 5) is 4.40. The summed E-state index contributed by atoms with van der Waals surface area (Å²) >= 11 is 0. The van der Waals surface area contributed by atoms with E-state index in [0.29, 0.717) is 5.56 Å². The third-order valence-corrected chi connectivity index (χ3v) is 5.08. The van der Waals surface area contributed by atoms with Gasteiger partial charge >= 0.3 is 0 Å². The quantitative estimate of drug-likeness (QED) is 0.796. The van der Waals surface area contributed by atoms with Gasteiger partial charge in [-0.3, -0.25) is 5.32 Å². The van der Waals surface area contributed by atoms with Crippen molar-refractivity contribution in [2.75, 3.05) is 0 Å². The molecule has 1 aromatic heterocycles. The van der Waals surface area contributed by atoms with Gasteiger partial charge in [-0.2, -0.15) is 5.26 Å². The van der Waals surface area contributed by atoms with Crippen LogP contribution in [0.3, 0.4) is 0 Å². The molecule has 0 radical (unpaired) electrons. The topological polar surface area (TPSA) is 53.6 Å². The summed E-state index contributed by atoms with van der Waals surface area (Å²) in [5.41, 5.74) is 5.84. The summed E-state index contributed by atoms with van der Waals surface area (Å²) in [5.74, 6) is 0.217. The Kier molecular flexibility index (Phi) is 4.09. The van der Waals surface area contributed by atoms with Crippen molar-refractivity contribution >= 4 is 0 Å². The molecule has 1 unspecified atom stereocenters. The number of rotatable bonds is 3. The van der Waals surface area contributed by atoms with E-state index in [1.54, 1.807) is 0 Å². The zero-order chi connectivity index (χ0) is 17.2. The second-order valence-electron chi connectivity index (χ2n) is 6.55. The maximum Gasteiger partial charge on any atom is 0.0991 e. The molecule has 2 heterocycles. The first-order chi connectivity index (χ1) is 12.3. The van der Waals surface area contributed by atoms with Crippen molar-refractivity contribution < 1.29 is 0 Å². The first-order valence-electron chi connectivity index (χ1n) is 8.58. The van der Waals surface area contributed by atoms with Crippen molar-refractivity contribution in [3.05, 3.63) is 89.0 Å². The van der Waals surface area contributed by atoms with Crippen LogP contribution in [-0.4, -0.2) is 9.55 Å². The molecule has 0 bridgehead atoms. The minimum absolute atomic E-state index is 0.216. The predicted octanol–water partition coefficient (Wildman–Crippen LogP) is 3.75. The van der Waals surface area contributed by atoms with Gasteiger partial charge in [0.25, 0.3) is 0 Å². The molecule has 3 aromatic rings. The highest BCUT2D eigenvalue weighted by atomic mass is 15.2. The number of aromatic nitrogens is 2. The number of nitriles is 1. The Morgan fingerprint density at radius 3 is 2.68 bits per heavy atom. The van der Waals surface area contributed by atoms with Gasteiger partial charge in [-0.25, -0.2) is 4.98 Å². The fourth-order valence-corrected chi connectivity index (χ4v) is 3.56. The fraction of sp³-hybridized carbons (Fsp3) is 0.238. The van der Waals surface area contributed by atoms with E-state index in [0.717, 1.165) is 13.0 Å². The Balaban J connectivity index is 1.61. The van der Waals surface area contributed by atoms with E-state index in [2.05, 4.69) is 52.1 Å². The number of nitrogens with one attached hydrogen (secondary N) is 1. The molecule has 0 spiro atoms. The molecule has 1 aliphatic heterocycles. The number of hydrogen-bond acceptors (Lipinski definition) is 3. The minimum atomic E-state index is 0.216. The van der Waals surface area contributed by atoms with Crippen molar-refractivity contribution in [2.24, 2.45) is 0 Å². The minimum Gasteiger partial charge on any atom is -0.318 e. The highest BCUT2D eigenvalue weighted by Gasteiger charge is 2.23. The molecular formula is C21H20N4. The molecule has 124 valence electrons. The Morgan fingerprint density at radius 2 is 1.92 bits per heavy atom. The van der Waals surface area contributed by atoms with Crippen molar-refractivity contribution in [2.45, 2.75) is 32.0 Å². The highest BCUT2D eigenvalue weighted by Crippen LogP contribution is 2.29. The summed E-state index contributed by atoms with van der Waals surface area (Å²) < 4.78 is 2.25. The van der Waals surface area contributed by atoms with E-state index in [4.69, 9.17) is 5.26 Å². The van der Waals surface area contributed by atoms with Crippen molar-refractivity contribution in [1.82, 2.24) is 14.9 Å². The van der Waals surface area contributed by atoms with Crippen molar-refractivity contribution in [1.29, 1.82) is 5.26 Å². The molecule has 0 fully saturated rings. The van der Waals surface area contributed by atoms with Crippen LogP contribution in [0.15, 0.2) is 61.1 Å². The van der Waals surface area contributed by atoms with Crippen molar-refractivity contribution in [3.8, 4) is 6.07 Å². The number of imidazole rings is 1. The maximum absolute atomic E-state index is 8.97. The van der Waals surface area contributed by atoms with Crippen molar-refractivity contribution in [3.63, 3.8) is 0 Å². The SMILES string of the molecule is CC(c1ccc(C#N)cc1)c1cncn1[C@H]1Cc2ccccc2CN1. The number of hydrogen-bond donors (Lipinski definition) is 1. The van der Waals surface area contributed by atoms with Crippen LogP contribution in [0, 0.1) is 11.3 Å². The van der Waals surface area contributed by atoms with E-state index in [1.165, 1.54) is 22.4 Å². The first kappa shape index (κ1) is 15.6. The Labute approximate surface area is 147 Å².